The molecule has 176 valence electrons. The fourth-order valence-electron chi connectivity index (χ4n) is 4.70. The number of hydrogen-bond donors (Lipinski definition) is 0. The monoisotopic (exact) mass is 465 g/mol. The lowest BCUT2D eigenvalue weighted by molar-refractivity contribution is -0.118. The summed E-state index contributed by atoms with van der Waals surface area (Å²) in [7, 11) is 0. The largest absolute Gasteiger partial charge is 0.379 e. The number of aryl methyl sites for hydroxylation is 5. The Morgan fingerprint density at radius 3 is 2.36 bits per heavy atom. The van der Waals surface area contributed by atoms with Gasteiger partial charge in [0.05, 0.1) is 29.9 Å². The van der Waals surface area contributed by atoms with Gasteiger partial charge in [-0.2, -0.15) is 0 Å². The van der Waals surface area contributed by atoms with Gasteiger partial charge in [0.1, 0.15) is 0 Å². The van der Waals surface area contributed by atoms with Crippen molar-refractivity contribution in [3.05, 3.63) is 57.6 Å². The summed E-state index contributed by atoms with van der Waals surface area (Å²) in [5, 5.41) is 0.816. The number of carbonyl (C=O) groups is 1. The summed E-state index contributed by atoms with van der Waals surface area (Å²) in [6.45, 7) is 15.7. The van der Waals surface area contributed by atoms with Crippen LogP contribution >= 0.6 is 11.3 Å². The average Bonchev–Trinajstić information content (AvgIpc) is 3.23. The number of carbonyl (C=O) groups excluding carboxylic acids is 1. The average molecular weight is 466 g/mol. The predicted molar refractivity (Wildman–Crippen MR) is 138 cm³/mol. The summed E-state index contributed by atoms with van der Waals surface area (Å²) in [4.78, 5) is 23.0. The molecule has 0 N–H and O–H groups in total. The van der Waals surface area contributed by atoms with E-state index in [0.29, 0.717) is 13.0 Å². The Kier molecular flexibility index (Phi) is 7.47. The van der Waals surface area contributed by atoms with Crippen molar-refractivity contribution in [2.24, 2.45) is 0 Å². The van der Waals surface area contributed by atoms with Gasteiger partial charge in [-0.1, -0.05) is 41.2 Å². The van der Waals surface area contributed by atoms with E-state index >= 15 is 0 Å². The Morgan fingerprint density at radius 2 is 1.70 bits per heavy atom. The molecule has 2 aromatic carbocycles. The predicted octanol–water partition coefficient (Wildman–Crippen LogP) is 5.14. The highest BCUT2D eigenvalue weighted by molar-refractivity contribution is 7.22. The van der Waals surface area contributed by atoms with Crippen LogP contribution in [0.2, 0.25) is 0 Å². The first kappa shape index (κ1) is 23.9. The highest BCUT2D eigenvalue weighted by Gasteiger charge is 2.23. The van der Waals surface area contributed by atoms with E-state index in [2.05, 4.69) is 63.8 Å². The lowest BCUT2D eigenvalue weighted by atomic mass is 9.97. The maximum Gasteiger partial charge on any atom is 0.233 e. The maximum absolute atomic E-state index is 13.7. The molecule has 0 radical (unpaired) electrons. The molecular weight excluding hydrogens is 430 g/mol. The van der Waals surface area contributed by atoms with Gasteiger partial charge in [-0.05, 0) is 68.9 Å². The molecule has 3 aromatic rings. The molecule has 1 aliphatic heterocycles. The lowest BCUT2D eigenvalue weighted by Crippen LogP contribution is -2.39. The molecule has 6 heteroatoms. The number of aromatic nitrogens is 1. The first-order chi connectivity index (χ1) is 15.8. The van der Waals surface area contributed by atoms with Crippen LogP contribution in [-0.4, -0.2) is 55.2 Å². The molecule has 1 fully saturated rings. The van der Waals surface area contributed by atoms with Gasteiger partial charge in [0, 0.05) is 26.2 Å². The minimum atomic E-state index is 0.126. The van der Waals surface area contributed by atoms with Crippen molar-refractivity contribution in [1.29, 1.82) is 0 Å². The number of morpholine rings is 1. The van der Waals surface area contributed by atoms with Crippen molar-refractivity contribution >= 4 is 32.6 Å². The summed E-state index contributed by atoms with van der Waals surface area (Å²) in [6, 6.07) is 8.60. The Morgan fingerprint density at radius 1 is 1.03 bits per heavy atom. The van der Waals surface area contributed by atoms with E-state index in [1.165, 1.54) is 27.0 Å². The van der Waals surface area contributed by atoms with E-state index < -0.39 is 0 Å². The number of benzene rings is 2. The lowest BCUT2D eigenvalue weighted by Gasteiger charge is -2.28. The number of anilines is 1. The first-order valence-corrected chi connectivity index (χ1v) is 12.7. The maximum atomic E-state index is 13.7. The molecule has 0 unspecified atom stereocenters. The smallest absolute Gasteiger partial charge is 0.233 e. The van der Waals surface area contributed by atoms with Crippen LogP contribution in [0.4, 0.5) is 5.13 Å². The minimum Gasteiger partial charge on any atom is -0.379 e. The number of rotatable bonds is 7. The molecule has 1 saturated heterocycles. The molecule has 33 heavy (non-hydrogen) atoms. The van der Waals surface area contributed by atoms with Gasteiger partial charge >= 0.3 is 0 Å². The van der Waals surface area contributed by atoms with E-state index in [1.54, 1.807) is 11.3 Å². The summed E-state index contributed by atoms with van der Waals surface area (Å²) in [6.07, 6.45) is 1.33. The van der Waals surface area contributed by atoms with Crippen LogP contribution in [0.25, 0.3) is 10.2 Å². The van der Waals surface area contributed by atoms with Gasteiger partial charge in [0.25, 0.3) is 0 Å². The zero-order chi connectivity index (χ0) is 23.5. The highest BCUT2D eigenvalue weighted by atomic mass is 32.1. The van der Waals surface area contributed by atoms with Crippen molar-refractivity contribution in [2.45, 2.75) is 47.5 Å². The molecule has 1 aliphatic rings. The summed E-state index contributed by atoms with van der Waals surface area (Å²) in [5.41, 5.74) is 8.13. The Balaban J connectivity index is 1.60. The summed E-state index contributed by atoms with van der Waals surface area (Å²) < 4.78 is 6.65. The summed E-state index contributed by atoms with van der Waals surface area (Å²) >= 11 is 1.64. The fourth-order valence-corrected chi connectivity index (χ4v) is 5.86. The van der Waals surface area contributed by atoms with E-state index in [9.17, 15) is 4.79 Å². The van der Waals surface area contributed by atoms with E-state index in [0.717, 1.165) is 61.0 Å². The number of ether oxygens (including phenoxy) is 1. The molecule has 0 bridgehead atoms. The van der Waals surface area contributed by atoms with Gasteiger partial charge in [-0.3, -0.25) is 14.6 Å². The molecule has 0 spiro atoms. The Labute approximate surface area is 201 Å². The molecular formula is C27H35N3O2S. The second-order valence-corrected chi connectivity index (χ2v) is 10.3. The zero-order valence-electron chi connectivity index (χ0n) is 20.5. The number of amides is 1. The van der Waals surface area contributed by atoms with Crippen LogP contribution < -0.4 is 4.90 Å². The third kappa shape index (κ3) is 5.45. The van der Waals surface area contributed by atoms with E-state index in [-0.39, 0.29) is 5.91 Å². The van der Waals surface area contributed by atoms with Crippen molar-refractivity contribution < 1.29 is 9.53 Å². The van der Waals surface area contributed by atoms with Crippen molar-refractivity contribution in [1.82, 2.24) is 9.88 Å². The number of thiazole rings is 1. The van der Waals surface area contributed by atoms with Crippen molar-refractivity contribution in [3.8, 4) is 0 Å². The van der Waals surface area contributed by atoms with E-state index in [4.69, 9.17) is 9.72 Å². The van der Waals surface area contributed by atoms with Gasteiger partial charge in [0.2, 0.25) is 5.91 Å². The molecule has 2 heterocycles. The quantitative estimate of drug-likeness (QED) is 0.485. The van der Waals surface area contributed by atoms with Gasteiger partial charge < -0.3 is 4.74 Å². The van der Waals surface area contributed by atoms with Gasteiger partial charge in [-0.25, -0.2) is 4.98 Å². The van der Waals surface area contributed by atoms with Crippen LogP contribution in [0, 0.1) is 34.6 Å². The van der Waals surface area contributed by atoms with E-state index in [1.807, 2.05) is 4.90 Å². The SMILES string of the molecule is Cc1cc(C)c(CC(=O)N(CCCN2CCOCC2)c2nc3c(C)ccc(C)c3s2)c(C)c1. The Hall–Kier alpha value is -2.28. The van der Waals surface area contributed by atoms with Crippen molar-refractivity contribution in [3.63, 3.8) is 0 Å². The zero-order valence-corrected chi connectivity index (χ0v) is 21.3. The third-order valence-electron chi connectivity index (χ3n) is 6.59. The standard InChI is InChI=1S/C27H35N3O2S/c1-18-15-21(4)23(22(5)16-18)17-24(31)30(10-6-9-29-11-13-32-14-12-29)27-28-25-19(2)7-8-20(3)26(25)33-27/h7-8,15-16H,6,9-14,17H2,1-5H3. The highest BCUT2D eigenvalue weighted by Crippen LogP contribution is 2.33. The van der Waals surface area contributed by atoms with Crippen LogP contribution in [0.15, 0.2) is 24.3 Å². The normalized spacial score (nSPS) is 14.7. The molecule has 0 saturated carbocycles. The van der Waals surface area contributed by atoms with Crippen LogP contribution in [0.5, 0.6) is 0 Å². The van der Waals surface area contributed by atoms with Crippen LogP contribution in [0.3, 0.4) is 0 Å². The van der Waals surface area contributed by atoms with Gasteiger partial charge in [0.15, 0.2) is 5.13 Å². The molecule has 1 aromatic heterocycles. The number of nitrogens with zero attached hydrogens (tertiary/aromatic N) is 3. The number of fused-ring (bicyclic) bond motifs is 1. The van der Waals surface area contributed by atoms with Crippen molar-refractivity contribution in [2.75, 3.05) is 44.3 Å². The van der Waals surface area contributed by atoms with Gasteiger partial charge in [-0.15, -0.1) is 0 Å². The second-order valence-electron chi connectivity index (χ2n) is 9.28. The van der Waals surface area contributed by atoms with Crippen LogP contribution in [-0.2, 0) is 16.0 Å². The first-order valence-electron chi connectivity index (χ1n) is 11.9. The molecule has 0 atom stereocenters. The Bertz CT molecular complexity index is 1090. The molecule has 1 amide bonds. The molecule has 5 nitrogen and oxygen atoms in total. The van der Waals surface area contributed by atoms with Crippen LogP contribution in [0.1, 0.15) is 39.8 Å². The summed E-state index contributed by atoms with van der Waals surface area (Å²) in [5.74, 6) is 0.126. The second kappa shape index (κ2) is 10.3. The topological polar surface area (TPSA) is 45.7 Å². The minimum absolute atomic E-state index is 0.126. The molecule has 0 aliphatic carbocycles. The fraction of sp³-hybridized carbons (Fsp3) is 0.481. The molecule has 4 rings (SSSR count). The number of hydrogen-bond acceptors (Lipinski definition) is 5. The third-order valence-corrected chi connectivity index (χ3v) is 7.80.